The van der Waals surface area contributed by atoms with Gasteiger partial charge in [0.2, 0.25) is 0 Å². The summed E-state index contributed by atoms with van der Waals surface area (Å²) in [5.74, 6) is 0. The van der Waals surface area contributed by atoms with E-state index in [0.717, 1.165) is 0 Å². The van der Waals surface area contributed by atoms with Crippen LogP contribution >= 0.6 is 0 Å². The maximum absolute atomic E-state index is 10.4. The molecular formula is C6H8O4. The number of cyclic esters (lactones) is 2. The molecule has 10 heavy (non-hydrogen) atoms. The minimum atomic E-state index is -0.746. The lowest BCUT2D eigenvalue weighted by Gasteiger charge is -2.06. The fourth-order valence-corrected chi connectivity index (χ4v) is 0.746. The predicted molar refractivity (Wildman–Crippen MR) is 32.4 cm³/mol. The molecule has 0 aromatic heterocycles. The predicted octanol–water partition coefficient (Wildman–Crippen LogP) is 0.0687. The quantitative estimate of drug-likeness (QED) is 0.440. The summed E-state index contributed by atoms with van der Waals surface area (Å²) in [4.78, 5) is 10.4. The Hall–Kier alpha value is -1.03. The summed E-state index contributed by atoms with van der Waals surface area (Å²) in [5, 5.41) is 8.58. The van der Waals surface area contributed by atoms with E-state index in [-0.39, 0.29) is 6.61 Å². The third kappa shape index (κ3) is 1.11. The first-order valence-electron chi connectivity index (χ1n) is 2.88. The molecule has 1 rings (SSSR count). The Balaban J connectivity index is 2.56. The van der Waals surface area contributed by atoms with E-state index in [1.54, 1.807) is 0 Å². The summed E-state index contributed by atoms with van der Waals surface area (Å²) in [5.41, 5.74) is 0. The van der Waals surface area contributed by atoms with E-state index < -0.39 is 18.4 Å². The topological polar surface area (TPSA) is 55.8 Å². The molecular weight excluding hydrogens is 136 g/mol. The molecule has 2 atom stereocenters. The molecule has 0 aromatic rings. The van der Waals surface area contributed by atoms with E-state index in [4.69, 9.17) is 5.11 Å². The van der Waals surface area contributed by atoms with Crippen LogP contribution in [0.3, 0.4) is 0 Å². The van der Waals surface area contributed by atoms with E-state index in [0.29, 0.717) is 0 Å². The summed E-state index contributed by atoms with van der Waals surface area (Å²) in [7, 11) is 0. The van der Waals surface area contributed by atoms with Gasteiger partial charge in [0.05, 0.1) is 6.61 Å². The minimum Gasteiger partial charge on any atom is -0.424 e. The smallest absolute Gasteiger partial charge is 0.424 e. The Bertz CT molecular complexity index is 154. The van der Waals surface area contributed by atoms with Gasteiger partial charge in [0, 0.05) is 0 Å². The van der Waals surface area contributed by atoms with Gasteiger partial charge in [-0.1, -0.05) is 6.58 Å². The van der Waals surface area contributed by atoms with Crippen molar-refractivity contribution in [1.29, 1.82) is 0 Å². The number of aliphatic hydroxyl groups is 1. The van der Waals surface area contributed by atoms with Crippen molar-refractivity contribution < 1.29 is 19.4 Å². The van der Waals surface area contributed by atoms with Crippen molar-refractivity contribution in [3.05, 3.63) is 12.7 Å². The van der Waals surface area contributed by atoms with E-state index in [1.165, 1.54) is 6.08 Å². The number of carbonyl (C=O) groups is 1. The Kier molecular flexibility index (Phi) is 1.91. The second-order valence-corrected chi connectivity index (χ2v) is 1.91. The summed E-state index contributed by atoms with van der Waals surface area (Å²) in [6.07, 6.45) is -0.405. The average Bonchev–Trinajstić information content (AvgIpc) is 2.30. The van der Waals surface area contributed by atoms with Crippen molar-refractivity contribution in [3.8, 4) is 0 Å². The second kappa shape index (κ2) is 2.70. The molecule has 0 saturated carbocycles. The molecule has 1 aliphatic heterocycles. The fraction of sp³-hybridized carbons (Fsp3) is 0.500. The van der Waals surface area contributed by atoms with Crippen molar-refractivity contribution in [1.82, 2.24) is 0 Å². The average molecular weight is 144 g/mol. The van der Waals surface area contributed by atoms with Gasteiger partial charge >= 0.3 is 6.16 Å². The molecule has 1 saturated heterocycles. The highest BCUT2D eigenvalue weighted by Gasteiger charge is 2.33. The molecule has 0 bridgehead atoms. The standard InChI is InChI=1S/C6H8O4/c1-2-4-5(3-7)10-6(8)9-4/h2,4-5,7H,1,3H2/t4-,5+/m0/s1. The van der Waals surface area contributed by atoms with Gasteiger partial charge in [-0.05, 0) is 6.08 Å². The summed E-state index contributed by atoms with van der Waals surface area (Å²) in [6.45, 7) is 3.17. The van der Waals surface area contributed by atoms with Crippen LogP contribution in [-0.2, 0) is 9.47 Å². The van der Waals surface area contributed by atoms with Crippen molar-refractivity contribution >= 4 is 6.16 Å². The Morgan fingerprint density at radius 1 is 1.70 bits per heavy atom. The second-order valence-electron chi connectivity index (χ2n) is 1.91. The molecule has 1 fully saturated rings. The van der Waals surface area contributed by atoms with Gasteiger partial charge in [-0.25, -0.2) is 4.79 Å². The number of hydrogen-bond acceptors (Lipinski definition) is 4. The first kappa shape index (κ1) is 7.08. The maximum atomic E-state index is 10.4. The van der Waals surface area contributed by atoms with Gasteiger partial charge in [0.1, 0.15) is 0 Å². The lowest BCUT2D eigenvalue weighted by atomic mass is 10.2. The summed E-state index contributed by atoms with van der Waals surface area (Å²) < 4.78 is 9.11. The zero-order chi connectivity index (χ0) is 7.56. The third-order valence-electron chi connectivity index (χ3n) is 1.26. The summed E-state index contributed by atoms with van der Waals surface area (Å²) >= 11 is 0. The molecule has 0 radical (unpaired) electrons. The van der Waals surface area contributed by atoms with Crippen LogP contribution in [0, 0.1) is 0 Å². The molecule has 4 heteroatoms. The minimum absolute atomic E-state index is 0.234. The number of aliphatic hydroxyl groups excluding tert-OH is 1. The highest BCUT2D eigenvalue weighted by Crippen LogP contribution is 2.14. The van der Waals surface area contributed by atoms with Crippen LogP contribution in [0.2, 0.25) is 0 Å². The van der Waals surface area contributed by atoms with Gasteiger partial charge in [0.25, 0.3) is 0 Å². The summed E-state index contributed by atoms with van der Waals surface area (Å²) in [6, 6.07) is 0. The van der Waals surface area contributed by atoms with E-state index in [2.05, 4.69) is 16.1 Å². The van der Waals surface area contributed by atoms with Gasteiger partial charge in [0.15, 0.2) is 12.2 Å². The molecule has 56 valence electrons. The first-order chi connectivity index (χ1) is 4.77. The Labute approximate surface area is 58.1 Å². The normalized spacial score (nSPS) is 31.1. The zero-order valence-electron chi connectivity index (χ0n) is 5.32. The van der Waals surface area contributed by atoms with Gasteiger partial charge in [-0.2, -0.15) is 0 Å². The van der Waals surface area contributed by atoms with Crippen molar-refractivity contribution in [2.75, 3.05) is 6.61 Å². The monoisotopic (exact) mass is 144 g/mol. The molecule has 1 heterocycles. The van der Waals surface area contributed by atoms with Gasteiger partial charge in [-0.3, -0.25) is 0 Å². The van der Waals surface area contributed by atoms with Crippen LogP contribution in [0.5, 0.6) is 0 Å². The molecule has 0 unspecified atom stereocenters. The fourth-order valence-electron chi connectivity index (χ4n) is 0.746. The highest BCUT2D eigenvalue weighted by atomic mass is 16.8. The number of carbonyl (C=O) groups excluding carboxylic acids is 1. The Morgan fingerprint density at radius 2 is 2.40 bits per heavy atom. The number of ether oxygens (including phenoxy) is 2. The lowest BCUT2D eigenvalue weighted by Crippen LogP contribution is -2.23. The van der Waals surface area contributed by atoms with E-state index in [1.807, 2.05) is 0 Å². The van der Waals surface area contributed by atoms with Gasteiger partial charge in [-0.15, -0.1) is 0 Å². The van der Waals surface area contributed by atoms with Crippen LogP contribution in [0.25, 0.3) is 0 Å². The molecule has 0 amide bonds. The SMILES string of the molecule is C=C[C@@H]1OC(=O)O[C@@H]1CO. The molecule has 0 aromatic carbocycles. The molecule has 0 aliphatic carbocycles. The largest absolute Gasteiger partial charge is 0.509 e. The zero-order valence-corrected chi connectivity index (χ0v) is 5.32. The van der Waals surface area contributed by atoms with Crippen molar-refractivity contribution in [3.63, 3.8) is 0 Å². The van der Waals surface area contributed by atoms with Crippen molar-refractivity contribution in [2.45, 2.75) is 12.2 Å². The third-order valence-corrected chi connectivity index (χ3v) is 1.26. The van der Waals surface area contributed by atoms with Crippen LogP contribution in [-0.4, -0.2) is 30.1 Å². The molecule has 1 aliphatic rings. The van der Waals surface area contributed by atoms with Gasteiger partial charge < -0.3 is 14.6 Å². The van der Waals surface area contributed by atoms with Crippen LogP contribution in [0.4, 0.5) is 4.79 Å². The number of hydrogen-bond donors (Lipinski definition) is 1. The first-order valence-corrected chi connectivity index (χ1v) is 2.88. The molecule has 0 spiro atoms. The molecule has 4 nitrogen and oxygen atoms in total. The van der Waals surface area contributed by atoms with E-state index >= 15 is 0 Å². The lowest BCUT2D eigenvalue weighted by molar-refractivity contribution is 0.0884. The van der Waals surface area contributed by atoms with Crippen molar-refractivity contribution in [2.24, 2.45) is 0 Å². The Morgan fingerprint density at radius 3 is 2.80 bits per heavy atom. The number of rotatable bonds is 2. The molecule has 1 N–H and O–H groups in total. The van der Waals surface area contributed by atoms with E-state index in [9.17, 15) is 4.79 Å². The van der Waals surface area contributed by atoms with Crippen LogP contribution in [0.1, 0.15) is 0 Å². The van der Waals surface area contributed by atoms with Crippen LogP contribution < -0.4 is 0 Å². The maximum Gasteiger partial charge on any atom is 0.509 e. The highest BCUT2D eigenvalue weighted by molar-refractivity contribution is 5.62. The van der Waals surface area contributed by atoms with Crippen LogP contribution in [0.15, 0.2) is 12.7 Å².